The quantitative estimate of drug-likeness (QED) is 0.356. The van der Waals surface area contributed by atoms with Crippen molar-refractivity contribution in [2.24, 2.45) is 0 Å². The van der Waals surface area contributed by atoms with Crippen LogP contribution in [0.2, 0.25) is 0 Å². The first-order valence-corrected chi connectivity index (χ1v) is 5.74. The number of allylic oxidation sites excluding steroid dienone is 1. The minimum Gasteiger partial charge on any atom is -0.310 e. The van der Waals surface area contributed by atoms with Crippen molar-refractivity contribution >= 4 is 5.69 Å². The zero-order valence-corrected chi connectivity index (χ0v) is 10.2. The van der Waals surface area contributed by atoms with E-state index in [1.165, 1.54) is 0 Å². The van der Waals surface area contributed by atoms with Gasteiger partial charge in [0, 0.05) is 18.2 Å². The van der Waals surface area contributed by atoms with Gasteiger partial charge in [-0.3, -0.25) is 10.1 Å². The maximum Gasteiger partial charge on any atom is 0.269 e. The fraction of sp³-hybridized carbons (Fsp3) is 0.385. The van der Waals surface area contributed by atoms with Crippen molar-refractivity contribution in [2.45, 2.75) is 26.3 Å². The van der Waals surface area contributed by atoms with Crippen LogP contribution in [-0.4, -0.2) is 11.5 Å². The van der Waals surface area contributed by atoms with E-state index in [0.29, 0.717) is 0 Å². The molecule has 0 saturated heterocycles. The summed E-state index contributed by atoms with van der Waals surface area (Å²) >= 11 is 0. The topological polar surface area (TPSA) is 55.2 Å². The lowest BCUT2D eigenvalue weighted by Crippen LogP contribution is -2.19. The number of hydrogen-bond donors (Lipinski definition) is 1. The molecule has 92 valence electrons. The third-order valence-corrected chi connectivity index (χ3v) is 2.60. The second kappa shape index (κ2) is 6.81. The Morgan fingerprint density at radius 1 is 1.41 bits per heavy atom. The number of nitrogens with zero attached hydrogens (tertiary/aromatic N) is 1. The molecular formula is C13H18N2O2. The van der Waals surface area contributed by atoms with Crippen molar-refractivity contribution in [1.82, 2.24) is 5.32 Å². The molecule has 0 fully saturated rings. The Morgan fingerprint density at radius 2 is 2.06 bits per heavy atom. The smallest absolute Gasteiger partial charge is 0.269 e. The van der Waals surface area contributed by atoms with Crippen molar-refractivity contribution in [2.75, 3.05) is 6.54 Å². The van der Waals surface area contributed by atoms with Gasteiger partial charge in [-0.05, 0) is 32.4 Å². The highest BCUT2D eigenvalue weighted by molar-refractivity contribution is 5.33. The largest absolute Gasteiger partial charge is 0.310 e. The lowest BCUT2D eigenvalue weighted by Gasteiger charge is -2.13. The third kappa shape index (κ3) is 4.36. The number of nitrogens with one attached hydrogen (secondary N) is 1. The van der Waals surface area contributed by atoms with Gasteiger partial charge >= 0.3 is 0 Å². The van der Waals surface area contributed by atoms with Crippen molar-refractivity contribution in [3.63, 3.8) is 0 Å². The molecule has 17 heavy (non-hydrogen) atoms. The van der Waals surface area contributed by atoms with Gasteiger partial charge in [0.1, 0.15) is 0 Å². The van der Waals surface area contributed by atoms with Crippen LogP contribution in [0.1, 0.15) is 31.9 Å². The number of nitro groups is 1. The van der Waals surface area contributed by atoms with E-state index in [1.807, 2.05) is 13.0 Å². The average Bonchev–Trinajstić information content (AvgIpc) is 2.34. The van der Waals surface area contributed by atoms with Crippen molar-refractivity contribution in [3.8, 4) is 0 Å². The lowest BCUT2D eigenvalue weighted by molar-refractivity contribution is -0.384. The monoisotopic (exact) mass is 234 g/mol. The number of hydrogen-bond acceptors (Lipinski definition) is 3. The first-order valence-electron chi connectivity index (χ1n) is 5.74. The number of rotatable bonds is 6. The van der Waals surface area contributed by atoms with Crippen LogP contribution in [0, 0.1) is 10.1 Å². The fourth-order valence-corrected chi connectivity index (χ4v) is 1.55. The minimum absolute atomic E-state index is 0.134. The predicted octanol–water partition coefficient (Wildman–Crippen LogP) is 3.21. The van der Waals surface area contributed by atoms with Crippen LogP contribution in [0.25, 0.3) is 0 Å². The fourth-order valence-electron chi connectivity index (χ4n) is 1.55. The van der Waals surface area contributed by atoms with Gasteiger partial charge in [0.25, 0.3) is 5.69 Å². The molecule has 1 N–H and O–H groups in total. The maximum absolute atomic E-state index is 10.5. The Kier molecular flexibility index (Phi) is 5.36. The second-order valence-corrected chi connectivity index (χ2v) is 3.88. The second-order valence-electron chi connectivity index (χ2n) is 3.88. The lowest BCUT2D eigenvalue weighted by atomic mass is 10.1. The van der Waals surface area contributed by atoms with Gasteiger partial charge in [0.15, 0.2) is 0 Å². The van der Waals surface area contributed by atoms with E-state index in [-0.39, 0.29) is 16.7 Å². The average molecular weight is 234 g/mol. The summed E-state index contributed by atoms with van der Waals surface area (Å²) in [5.41, 5.74) is 1.20. The Labute approximate surface area is 101 Å². The predicted molar refractivity (Wildman–Crippen MR) is 68.9 cm³/mol. The van der Waals surface area contributed by atoms with E-state index in [9.17, 15) is 10.1 Å². The van der Waals surface area contributed by atoms with E-state index in [4.69, 9.17) is 0 Å². The molecule has 0 aliphatic heterocycles. The SMILES string of the molecule is C/C=C/CCNC(C)c1ccc([N+](=O)[O-])cc1. The van der Waals surface area contributed by atoms with Crippen LogP contribution in [0.3, 0.4) is 0 Å². The molecule has 1 aromatic carbocycles. The van der Waals surface area contributed by atoms with E-state index in [2.05, 4.69) is 18.3 Å². The van der Waals surface area contributed by atoms with Crippen molar-refractivity contribution in [3.05, 3.63) is 52.1 Å². The molecule has 0 aliphatic carbocycles. The van der Waals surface area contributed by atoms with Crippen LogP contribution < -0.4 is 5.32 Å². The highest BCUT2D eigenvalue weighted by Gasteiger charge is 2.07. The first-order chi connectivity index (χ1) is 8.15. The molecular weight excluding hydrogens is 216 g/mol. The summed E-state index contributed by atoms with van der Waals surface area (Å²) in [6.07, 6.45) is 5.13. The van der Waals surface area contributed by atoms with Crippen LogP contribution in [0.5, 0.6) is 0 Å². The molecule has 1 unspecified atom stereocenters. The van der Waals surface area contributed by atoms with Gasteiger partial charge in [0.2, 0.25) is 0 Å². The zero-order valence-electron chi connectivity index (χ0n) is 10.2. The highest BCUT2D eigenvalue weighted by atomic mass is 16.6. The van der Waals surface area contributed by atoms with Crippen molar-refractivity contribution < 1.29 is 4.92 Å². The van der Waals surface area contributed by atoms with Crippen LogP contribution >= 0.6 is 0 Å². The molecule has 4 nitrogen and oxygen atoms in total. The van der Waals surface area contributed by atoms with Gasteiger partial charge in [-0.1, -0.05) is 24.3 Å². The molecule has 1 aromatic rings. The van der Waals surface area contributed by atoms with Gasteiger partial charge in [-0.2, -0.15) is 0 Å². The zero-order chi connectivity index (χ0) is 12.7. The molecule has 0 bridgehead atoms. The van der Waals surface area contributed by atoms with Gasteiger partial charge < -0.3 is 5.32 Å². The molecule has 4 heteroatoms. The number of benzene rings is 1. The van der Waals surface area contributed by atoms with E-state index < -0.39 is 0 Å². The normalized spacial score (nSPS) is 12.8. The summed E-state index contributed by atoms with van der Waals surface area (Å²) in [6.45, 7) is 4.96. The van der Waals surface area contributed by atoms with Gasteiger partial charge in [-0.25, -0.2) is 0 Å². The van der Waals surface area contributed by atoms with E-state index >= 15 is 0 Å². The number of nitro benzene ring substituents is 1. The molecule has 0 radical (unpaired) electrons. The first kappa shape index (κ1) is 13.4. The Hall–Kier alpha value is -1.68. The maximum atomic E-state index is 10.5. The molecule has 0 saturated carbocycles. The molecule has 0 amide bonds. The molecule has 0 spiro atoms. The van der Waals surface area contributed by atoms with Gasteiger partial charge in [-0.15, -0.1) is 0 Å². The molecule has 1 rings (SSSR count). The molecule has 0 aliphatic rings. The van der Waals surface area contributed by atoms with Crippen molar-refractivity contribution in [1.29, 1.82) is 0 Å². The number of non-ortho nitro benzene ring substituents is 1. The summed E-state index contributed by atoms with van der Waals surface area (Å²) in [7, 11) is 0. The molecule has 0 aromatic heterocycles. The summed E-state index contributed by atoms with van der Waals surface area (Å²) in [4.78, 5) is 10.1. The Balaban J connectivity index is 2.51. The summed E-state index contributed by atoms with van der Waals surface area (Å²) in [5.74, 6) is 0. The third-order valence-electron chi connectivity index (χ3n) is 2.60. The minimum atomic E-state index is -0.381. The summed E-state index contributed by atoms with van der Waals surface area (Å²) in [5, 5.41) is 13.9. The van der Waals surface area contributed by atoms with Gasteiger partial charge in [0.05, 0.1) is 4.92 Å². The standard InChI is InChI=1S/C13H18N2O2/c1-3-4-5-10-14-11(2)12-6-8-13(9-7-12)15(16)17/h3-4,6-9,11,14H,5,10H2,1-2H3/b4-3+. The highest BCUT2D eigenvalue weighted by Crippen LogP contribution is 2.17. The summed E-state index contributed by atoms with van der Waals surface area (Å²) < 4.78 is 0. The van der Waals surface area contributed by atoms with Crippen LogP contribution in [0.15, 0.2) is 36.4 Å². The van der Waals surface area contributed by atoms with E-state index in [1.54, 1.807) is 24.3 Å². The van der Waals surface area contributed by atoms with E-state index in [0.717, 1.165) is 18.5 Å². The molecule has 0 heterocycles. The van der Waals surface area contributed by atoms with Crippen LogP contribution in [0.4, 0.5) is 5.69 Å². The molecule has 1 atom stereocenters. The Bertz CT molecular complexity index is 385. The Morgan fingerprint density at radius 3 is 2.59 bits per heavy atom. The summed E-state index contributed by atoms with van der Waals surface area (Å²) in [6, 6.07) is 6.89. The van der Waals surface area contributed by atoms with Crippen LogP contribution in [-0.2, 0) is 0 Å².